The van der Waals surface area contributed by atoms with Gasteiger partial charge >= 0.3 is 5.97 Å². The Morgan fingerprint density at radius 2 is 2.11 bits per heavy atom. The zero-order valence-corrected chi connectivity index (χ0v) is 9.51. The molecule has 0 bridgehead atoms. The summed E-state index contributed by atoms with van der Waals surface area (Å²) in [6, 6.07) is 7.11. The van der Waals surface area contributed by atoms with Gasteiger partial charge in [-0.1, -0.05) is 6.07 Å². The number of anilines is 2. The quantitative estimate of drug-likeness (QED) is 0.870. The molecule has 0 fully saturated rings. The normalized spacial score (nSPS) is 10.1. The molecule has 0 atom stereocenters. The van der Waals surface area contributed by atoms with E-state index in [0.717, 1.165) is 0 Å². The van der Waals surface area contributed by atoms with E-state index in [-0.39, 0.29) is 11.6 Å². The van der Waals surface area contributed by atoms with Crippen LogP contribution in [0.1, 0.15) is 16.2 Å². The van der Waals surface area contributed by atoms with Gasteiger partial charge in [-0.25, -0.2) is 19.2 Å². The molecule has 1 aromatic carbocycles. The fourth-order valence-corrected chi connectivity index (χ4v) is 1.43. The number of nitrogens with zero attached hydrogens (tertiary/aromatic N) is 2. The van der Waals surface area contributed by atoms with Crippen molar-refractivity contribution in [1.82, 2.24) is 9.97 Å². The molecule has 2 aromatic rings. The summed E-state index contributed by atoms with van der Waals surface area (Å²) in [6.45, 7) is 1.66. The zero-order valence-electron chi connectivity index (χ0n) is 9.51. The molecule has 92 valence electrons. The molecule has 0 aliphatic heterocycles. The van der Waals surface area contributed by atoms with Gasteiger partial charge in [-0.15, -0.1) is 0 Å². The molecule has 2 rings (SSSR count). The number of aromatic nitrogens is 2. The predicted molar refractivity (Wildman–Crippen MR) is 63.4 cm³/mol. The molecule has 0 unspecified atom stereocenters. The van der Waals surface area contributed by atoms with Crippen molar-refractivity contribution in [2.75, 3.05) is 5.32 Å². The van der Waals surface area contributed by atoms with Crippen LogP contribution in [0, 0.1) is 12.7 Å². The molecule has 0 aliphatic carbocycles. The van der Waals surface area contributed by atoms with E-state index in [1.807, 2.05) is 0 Å². The summed E-state index contributed by atoms with van der Waals surface area (Å²) in [5, 5.41) is 11.6. The van der Waals surface area contributed by atoms with Crippen LogP contribution in [0.4, 0.5) is 16.0 Å². The minimum Gasteiger partial charge on any atom is -0.477 e. The van der Waals surface area contributed by atoms with Crippen LogP contribution in [-0.2, 0) is 0 Å². The van der Waals surface area contributed by atoms with Crippen LogP contribution in [0.2, 0.25) is 0 Å². The number of carboxylic acids is 1. The molecule has 1 heterocycles. The van der Waals surface area contributed by atoms with Gasteiger partial charge in [0.05, 0.1) is 0 Å². The lowest BCUT2D eigenvalue weighted by Crippen LogP contribution is -2.06. The van der Waals surface area contributed by atoms with Crippen molar-refractivity contribution in [2.24, 2.45) is 0 Å². The lowest BCUT2D eigenvalue weighted by molar-refractivity contribution is 0.0690. The Labute approximate surface area is 102 Å². The molecule has 0 saturated carbocycles. The first-order valence-electron chi connectivity index (χ1n) is 5.16. The third-order valence-corrected chi connectivity index (χ3v) is 2.15. The van der Waals surface area contributed by atoms with Crippen LogP contribution < -0.4 is 5.32 Å². The number of hydrogen-bond acceptors (Lipinski definition) is 4. The van der Waals surface area contributed by atoms with Crippen molar-refractivity contribution in [3.8, 4) is 0 Å². The highest BCUT2D eigenvalue weighted by atomic mass is 19.1. The fourth-order valence-electron chi connectivity index (χ4n) is 1.43. The Bertz CT molecular complexity index is 602. The number of rotatable bonds is 3. The highest BCUT2D eigenvalue weighted by molar-refractivity contribution is 5.85. The van der Waals surface area contributed by atoms with Crippen LogP contribution in [0.25, 0.3) is 0 Å². The van der Waals surface area contributed by atoms with Gasteiger partial charge in [0.15, 0.2) is 5.69 Å². The molecular formula is C12H10FN3O2. The van der Waals surface area contributed by atoms with E-state index < -0.39 is 11.8 Å². The third-order valence-electron chi connectivity index (χ3n) is 2.15. The molecular weight excluding hydrogens is 237 g/mol. The van der Waals surface area contributed by atoms with Crippen molar-refractivity contribution in [2.45, 2.75) is 6.92 Å². The van der Waals surface area contributed by atoms with Gasteiger partial charge in [-0.2, -0.15) is 0 Å². The molecule has 1 aromatic heterocycles. The summed E-state index contributed by atoms with van der Waals surface area (Å²) in [5.41, 5.74) is 0.861. The highest BCUT2D eigenvalue weighted by Gasteiger charge is 2.08. The second kappa shape index (κ2) is 4.79. The molecule has 0 amide bonds. The molecule has 5 nitrogen and oxygen atoms in total. The van der Waals surface area contributed by atoms with Crippen LogP contribution in [0.3, 0.4) is 0 Å². The van der Waals surface area contributed by atoms with E-state index in [1.165, 1.54) is 24.3 Å². The summed E-state index contributed by atoms with van der Waals surface area (Å²) >= 11 is 0. The van der Waals surface area contributed by atoms with E-state index >= 15 is 0 Å². The number of carboxylic acid groups (broad SMARTS) is 1. The molecule has 2 N–H and O–H groups in total. The van der Waals surface area contributed by atoms with Crippen molar-refractivity contribution in [1.29, 1.82) is 0 Å². The Morgan fingerprint density at radius 1 is 1.33 bits per heavy atom. The highest BCUT2D eigenvalue weighted by Crippen LogP contribution is 2.14. The van der Waals surface area contributed by atoms with E-state index in [0.29, 0.717) is 11.4 Å². The Balaban J connectivity index is 2.31. The number of carbonyl (C=O) groups is 1. The smallest absolute Gasteiger partial charge is 0.354 e. The molecule has 0 aliphatic rings. The number of halogens is 1. The maximum Gasteiger partial charge on any atom is 0.354 e. The van der Waals surface area contributed by atoms with Gasteiger partial charge in [-0.05, 0) is 31.2 Å². The molecule has 0 saturated heterocycles. The van der Waals surface area contributed by atoms with Gasteiger partial charge < -0.3 is 10.4 Å². The van der Waals surface area contributed by atoms with E-state index in [2.05, 4.69) is 15.3 Å². The lowest BCUT2D eigenvalue weighted by atomic mass is 10.3. The lowest BCUT2D eigenvalue weighted by Gasteiger charge is -2.06. The second-order valence-electron chi connectivity index (χ2n) is 3.66. The average molecular weight is 247 g/mol. The van der Waals surface area contributed by atoms with Gasteiger partial charge in [0, 0.05) is 11.4 Å². The van der Waals surface area contributed by atoms with Gasteiger partial charge in [0.25, 0.3) is 0 Å². The van der Waals surface area contributed by atoms with Crippen molar-refractivity contribution in [3.05, 3.63) is 47.5 Å². The van der Waals surface area contributed by atoms with Crippen LogP contribution in [0.5, 0.6) is 0 Å². The average Bonchev–Trinajstić information content (AvgIpc) is 2.28. The van der Waals surface area contributed by atoms with E-state index in [4.69, 9.17) is 5.11 Å². The number of nitrogens with one attached hydrogen (secondary N) is 1. The fraction of sp³-hybridized carbons (Fsp3) is 0.0833. The number of aromatic carboxylic acids is 1. The largest absolute Gasteiger partial charge is 0.477 e. The third kappa shape index (κ3) is 2.79. The number of aryl methyl sites for hydroxylation is 1. The van der Waals surface area contributed by atoms with Gasteiger partial charge in [0.2, 0.25) is 5.95 Å². The SMILES string of the molecule is Cc1cc(C(=O)O)nc(Nc2cccc(F)c2)n1. The van der Waals surface area contributed by atoms with Gasteiger partial charge in [-0.3, -0.25) is 0 Å². The maximum atomic E-state index is 13.0. The monoisotopic (exact) mass is 247 g/mol. The molecule has 0 spiro atoms. The molecule has 18 heavy (non-hydrogen) atoms. The standard InChI is InChI=1S/C12H10FN3O2/c1-7-5-10(11(17)18)16-12(14-7)15-9-4-2-3-8(13)6-9/h2-6H,1H3,(H,17,18)(H,14,15,16). The molecule has 6 heteroatoms. The Morgan fingerprint density at radius 3 is 2.78 bits per heavy atom. The molecule has 0 radical (unpaired) electrons. The predicted octanol–water partition coefficient (Wildman–Crippen LogP) is 2.37. The van der Waals surface area contributed by atoms with Crippen LogP contribution in [-0.4, -0.2) is 21.0 Å². The Kier molecular flexibility index (Phi) is 3.18. The number of benzene rings is 1. The first-order valence-corrected chi connectivity index (χ1v) is 5.16. The van der Waals surface area contributed by atoms with Crippen molar-refractivity contribution in [3.63, 3.8) is 0 Å². The first-order chi connectivity index (χ1) is 8.54. The maximum absolute atomic E-state index is 13.0. The topological polar surface area (TPSA) is 75.1 Å². The van der Waals surface area contributed by atoms with Gasteiger partial charge in [0.1, 0.15) is 5.82 Å². The summed E-state index contributed by atoms with van der Waals surface area (Å²) in [4.78, 5) is 18.7. The minimum atomic E-state index is -1.14. The van der Waals surface area contributed by atoms with Crippen LogP contribution in [0.15, 0.2) is 30.3 Å². The Hall–Kier alpha value is -2.50. The summed E-state index contributed by atoms with van der Waals surface area (Å²) in [7, 11) is 0. The van der Waals surface area contributed by atoms with Crippen LogP contribution >= 0.6 is 0 Å². The van der Waals surface area contributed by atoms with Crippen molar-refractivity contribution < 1.29 is 14.3 Å². The van der Waals surface area contributed by atoms with Crippen molar-refractivity contribution >= 4 is 17.6 Å². The first kappa shape index (κ1) is 12.0. The summed E-state index contributed by atoms with van der Waals surface area (Å²) in [5.74, 6) is -1.41. The summed E-state index contributed by atoms with van der Waals surface area (Å²) in [6.07, 6.45) is 0. The summed E-state index contributed by atoms with van der Waals surface area (Å²) < 4.78 is 13.0. The van der Waals surface area contributed by atoms with E-state index in [1.54, 1.807) is 13.0 Å². The zero-order chi connectivity index (χ0) is 13.1. The minimum absolute atomic E-state index is 0.110. The number of hydrogen-bond donors (Lipinski definition) is 2. The second-order valence-corrected chi connectivity index (χ2v) is 3.66. The van der Waals surface area contributed by atoms with E-state index in [9.17, 15) is 9.18 Å².